The van der Waals surface area contributed by atoms with Crippen molar-refractivity contribution in [1.82, 2.24) is 9.55 Å². The molecule has 0 amide bonds. The largest absolute Gasteiger partial charge is 0.457 e. The molecule has 69 heavy (non-hydrogen) atoms. The van der Waals surface area contributed by atoms with Gasteiger partial charge in [-0.1, -0.05) is 183 Å². The second kappa shape index (κ2) is 17.1. The van der Waals surface area contributed by atoms with E-state index < -0.39 is 0 Å². The van der Waals surface area contributed by atoms with Gasteiger partial charge in [-0.25, -0.2) is 4.98 Å². The number of rotatable bonds is 7. The van der Waals surface area contributed by atoms with Crippen LogP contribution in [0.3, 0.4) is 0 Å². The Morgan fingerprint density at radius 2 is 1.12 bits per heavy atom. The first-order valence-corrected chi connectivity index (χ1v) is 24.8. The minimum Gasteiger partial charge on any atom is -0.457 e. The van der Waals surface area contributed by atoms with Crippen molar-refractivity contribution in [2.24, 2.45) is 0 Å². The first-order chi connectivity index (χ1) is 32.3. The SMILES string of the molecule is CC(C)(C)c1ccc(-c2cc(-n3c4ccccc4c4ccc(Oc5cc(N6C=C(c7cccc(C(C)(C)C)c7)N(c7ccccc7C(C)(C)C)C6)cc(C(C)(C)C)c5)cc43)ncc2C(C)(C)C)cc1. The van der Waals surface area contributed by atoms with Gasteiger partial charge in [-0.15, -0.1) is 0 Å². The highest BCUT2D eigenvalue weighted by molar-refractivity contribution is 6.09. The quantitative estimate of drug-likeness (QED) is 0.160. The number of para-hydroxylation sites is 2. The van der Waals surface area contributed by atoms with Crippen LogP contribution in [0, 0.1) is 0 Å². The fourth-order valence-electron chi connectivity index (χ4n) is 9.76. The predicted molar refractivity (Wildman–Crippen MR) is 295 cm³/mol. The lowest BCUT2D eigenvalue weighted by Crippen LogP contribution is -2.29. The summed E-state index contributed by atoms with van der Waals surface area (Å²) in [4.78, 5) is 10.1. The molecule has 2 aromatic heterocycles. The maximum atomic E-state index is 7.05. The lowest BCUT2D eigenvalue weighted by atomic mass is 9.81. The molecule has 0 bridgehead atoms. The van der Waals surface area contributed by atoms with E-state index in [2.05, 4.69) is 270 Å². The number of hydrogen-bond acceptors (Lipinski definition) is 4. The van der Waals surface area contributed by atoms with Crippen LogP contribution < -0.4 is 14.5 Å². The van der Waals surface area contributed by atoms with Crippen LogP contribution >= 0.6 is 0 Å². The van der Waals surface area contributed by atoms with Gasteiger partial charge in [-0.3, -0.25) is 4.57 Å². The van der Waals surface area contributed by atoms with Crippen LogP contribution in [0.15, 0.2) is 152 Å². The Hall–Kier alpha value is -6.59. The van der Waals surface area contributed by atoms with E-state index in [1.165, 1.54) is 61.3 Å². The molecule has 5 heteroatoms. The van der Waals surface area contributed by atoms with E-state index >= 15 is 0 Å². The maximum absolute atomic E-state index is 7.05. The molecule has 3 heterocycles. The Labute approximate surface area is 412 Å². The van der Waals surface area contributed by atoms with Crippen LogP contribution in [-0.4, -0.2) is 16.2 Å². The topological polar surface area (TPSA) is 33.5 Å². The number of pyridine rings is 1. The number of ether oxygens (including phenoxy) is 1. The summed E-state index contributed by atoms with van der Waals surface area (Å²) < 4.78 is 9.36. The van der Waals surface area contributed by atoms with Crippen molar-refractivity contribution < 1.29 is 4.74 Å². The molecule has 6 aromatic carbocycles. The number of benzene rings is 6. The fraction of sp³-hybridized carbons (Fsp3) is 0.328. The lowest BCUT2D eigenvalue weighted by molar-refractivity contribution is 0.479. The zero-order valence-electron chi connectivity index (χ0n) is 43.8. The minimum atomic E-state index is -0.133. The van der Waals surface area contributed by atoms with Gasteiger partial charge in [-0.2, -0.15) is 0 Å². The molecule has 0 radical (unpaired) electrons. The molecule has 1 aliphatic heterocycles. The molecule has 0 spiro atoms. The van der Waals surface area contributed by atoms with E-state index in [9.17, 15) is 0 Å². The van der Waals surface area contributed by atoms with Gasteiger partial charge in [0.2, 0.25) is 0 Å². The van der Waals surface area contributed by atoms with E-state index in [-0.39, 0.29) is 27.1 Å². The molecular formula is C64H72N4O. The molecule has 0 atom stereocenters. The van der Waals surface area contributed by atoms with Gasteiger partial charge in [0.25, 0.3) is 0 Å². The highest BCUT2D eigenvalue weighted by atomic mass is 16.5. The van der Waals surface area contributed by atoms with Crippen molar-refractivity contribution in [1.29, 1.82) is 0 Å². The fourth-order valence-corrected chi connectivity index (χ4v) is 9.76. The van der Waals surface area contributed by atoms with Crippen molar-refractivity contribution in [2.75, 3.05) is 16.5 Å². The molecule has 8 aromatic rings. The average molecular weight is 913 g/mol. The molecular weight excluding hydrogens is 841 g/mol. The predicted octanol–water partition coefficient (Wildman–Crippen LogP) is 17.4. The van der Waals surface area contributed by atoms with Gasteiger partial charge in [-0.05, 0) is 120 Å². The first kappa shape index (κ1) is 47.5. The standard InChI is InChI=1S/C64H72N4O/c1-60(2,3)44-29-27-42(28-30-44)52-38-59(65-39-54(52)64(13,14)15)68-55-25-18-16-23-50(55)51-32-31-48(37-57(51)68)69-49-35-46(62(7,8)9)34-47(36-49)66-40-58(43-21-20-22-45(33-43)61(4,5)6)67(41-66)56-26-19-17-24-53(56)63(10,11)12/h16-40H,41H2,1-15H3. The van der Waals surface area contributed by atoms with Crippen LogP contribution in [0.25, 0.3) is 44.4 Å². The summed E-state index contributed by atoms with van der Waals surface area (Å²) >= 11 is 0. The maximum Gasteiger partial charge on any atom is 0.138 e. The molecule has 0 saturated carbocycles. The van der Waals surface area contributed by atoms with Gasteiger partial charge in [0.1, 0.15) is 17.3 Å². The lowest BCUT2D eigenvalue weighted by Gasteiger charge is -2.31. The van der Waals surface area contributed by atoms with Crippen molar-refractivity contribution >= 4 is 38.9 Å². The molecule has 9 rings (SSSR count). The molecule has 0 fully saturated rings. The second-order valence-electron chi connectivity index (χ2n) is 24.4. The van der Waals surface area contributed by atoms with Crippen molar-refractivity contribution in [2.45, 2.75) is 131 Å². The van der Waals surface area contributed by atoms with Crippen LogP contribution in [0.5, 0.6) is 11.5 Å². The smallest absolute Gasteiger partial charge is 0.138 e. The number of aromatic nitrogens is 2. The highest BCUT2D eigenvalue weighted by Gasteiger charge is 2.31. The summed E-state index contributed by atoms with van der Waals surface area (Å²) in [6.07, 6.45) is 4.42. The van der Waals surface area contributed by atoms with Crippen LogP contribution in [-0.2, 0) is 27.1 Å². The van der Waals surface area contributed by atoms with E-state index in [0.29, 0.717) is 6.67 Å². The van der Waals surface area contributed by atoms with E-state index in [0.717, 1.165) is 39.4 Å². The molecule has 1 aliphatic rings. The second-order valence-corrected chi connectivity index (χ2v) is 24.4. The zero-order chi connectivity index (χ0) is 49.4. The molecule has 5 nitrogen and oxygen atoms in total. The van der Waals surface area contributed by atoms with Crippen LogP contribution in [0.2, 0.25) is 0 Å². The molecule has 0 unspecified atom stereocenters. The van der Waals surface area contributed by atoms with Gasteiger partial charge in [0.15, 0.2) is 0 Å². The summed E-state index contributed by atoms with van der Waals surface area (Å²) in [6.45, 7) is 34.9. The van der Waals surface area contributed by atoms with Crippen LogP contribution in [0.1, 0.15) is 137 Å². The number of hydrogen-bond donors (Lipinski definition) is 0. The third kappa shape index (κ3) is 9.45. The highest BCUT2D eigenvalue weighted by Crippen LogP contribution is 2.44. The van der Waals surface area contributed by atoms with E-state index in [4.69, 9.17) is 9.72 Å². The minimum absolute atomic E-state index is 0.0168. The van der Waals surface area contributed by atoms with Gasteiger partial charge in [0.05, 0.1) is 23.4 Å². The molecule has 0 N–H and O–H groups in total. The number of anilines is 2. The summed E-state index contributed by atoms with van der Waals surface area (Å²) in [6, 6.07) is 51.3. The summed E-state index contributed by atoms with van der Waals surface area (Å²) in [7, 11) is 0. The van der Waals surface area contributed by atoms with Crippen molar-refractivity contribution in [3.63, 3.8) is 0 Å². The Morgan fingerprint density at radius 1 is 0.464 bits per heavy atom. The van der Waals surface area contributed by atoms with Crippen LogP contribution in [0.4, 0.5) is 11.4 Å². The van der Waals surface area contributed by atoms with Crippen molar-refractivity contribution in [3.05, 3.63) is 185 Å². The Balaban J connectivity index is 1.15. The van der Waals surface area contributed by atoms with Crippen molar-refractivity contribution in [3.8, 4) is 28.4 Å². The van der Waals surface area contributed by atoms with E-state index in [1.54, 1.807) is 0 Å². The monoisotopic (exact) mass is 913 g/mol. The zero-order valence-corrected chi connectivity index (χ0v) is 43.8. The molecule has 0 aliphatic carbocycles. The van der Waals surface area contributed by atoms with Gasteiger partial charge >= 0.3 is 0 Å². The average Bonchev–Trinajstić information content (AvgIpc) is 3.88. The van der Waals surface area contributed by atoms with Gasteiger partial charge in [0, 0.05) is 46.7 Å². The summed E-state index contributed by atoms with van der Waals surface area (Å²) in [5.74, 6) is 2.44. The normalized spacial score (nSPS) is 14.0. The summed E-state index contributed by atoms with van der Waals surface area (Å²) in [5, 5.41) is 2.33. The molecule has 0 saturated heterocycles. The Bertz CT molecular complexity index is 3240. The Morgan fingerprint density at radius 3 is 1.80 bits per heavy atom. The third-order valence-electron chi connectivity index (χ3n) is 13.8. The number of fused-ring (bicyclic) bond motifs is 3. The van der Waals surface area contributed by atoms with Gasteiger partial charge < -0.3 is 14.5 Å². The number of nitrogens with zero attached hydrogens (tertiary/aromatic N) is 4. The first-order valence-electron chi connectivity index (χ1n) is 24.8. The third-order valence-corrected chi connectivity index (χ3v) is 13.8. The Kier molecular flexibility index (Phi) is 11.8. The molecule has 354 valence electrons. The van der Waals surface area contributed by atoms with E-state index in [1.807, 2.05) is 0 Å². The summed E-state index contributed by atoms with van der Waals surface area (Å²) in [5.41, 5.74) is 15.4.